The van der Waals surface area contributed by atoms with E-state index in [4.69, 9.17) is 4.98 Å². The van der Waals surface area contributed by atoms with E-state index in [1.807, 2.05) is 24.1 Å². The highest BCUT2D eigenvalue weighted by atomic mass is 16.2. The molecular weight excluding hydrogens is 364 g/mol. The summed E-state index contributed by atoms with van der Waals surface area (Å²) in [6.07, 6.45) is 13.2. The largest absolute Gasteiger partial charge is 0.342 e. The van der Waals surface area contributed by atoms with Gasteiger partial charge in [-0.2, -0.15) is 0 Å². The molecule has 29 heavy (non-hydrogen) atoms. The molecule has 1 amide bonds. The Morgan fingerprint density at radius 2 is 2.00 bits per heavy atom. The molecule has 154 valence electrons. The van der Waals surface area contributed by atoms with Crippen LogP contribution in [0.15, 0.2) is 36.8 Å². The lowest BCUT2D eigenvalue weighted by Crippen LogP contribution is -2.44. The Bertz CT molecular complexity index is 808. The number of rotatable bonds is 6. The monoisotopic (exact) mass is 394 g/mol. The number of likely N-dealkylation sites (tertiary alicyclic amines) is 1. The van der Waals surface area contributed by atoms with Crippen molar-refractivity contribution in [3.05, 3.63) is 42.5 Å². The minimum absolute atomic E-state index is 0.183. The SMILES string of the molecule is CN(C(=O)CN1CCC[C@H]1c1cccc(Nc2cnccn2)n1)C1CCCCC1. The molecule has 1 saturated carbocycles. The number of anilines is 2. The Kier molecular flexibility index (Phi) is 6.34. The Balaban J connectivity index is 1.41. The van der Waals surface area contributed by atoms with Crippen LogP contribution in [-0.4, -0.2) is 56.8 Å². The molecule has 2 aromatic rings. The van der Waals surface area contributed by atoms with Gasteiger partial charge < -0.3 is 10.2 Å². The van der Waals surface area contributed by atoms with E-state index in [2.05, 4.69) is 26.3 Å². The number of nitrogens with zero attached hydrogens (tertiary/aromatic N) is 5. The second-order valence-electron chi connectivity index (χ2n) is 8.09. The Labute approximate surface area is 172 Å². The van der Waals surface area contributed by atoms with Crippen molar-refractivity contribution in [1.29, 1.82) is 0 Å². The third kappa shape index (κ3) is 4.90. The molecule has 1 aliphatic carbocycles. The summed E-state index contributed by atoms with van der Waals surface area (Å²) in [5.41, 5.74) is 1.00. The van der Waals surface area contributed by atoms with Gasteiger partial charge in [-0.05, 0) is 44.4 Å². The lowest BCUT2D eigenvalue weighted by atomic mass is 9.94. The van der Waals surface area contributed by atoms with Crippen molar-refractivity contribution >= 4 is 17.5 Å². The Hall–Kier alpha value is -2.54. The first-order chi connectivity index (χ1) is 14.2. The highest BCUT2D eigenvalue weighted by molar-refractivity contribution is 5.78. The van der Waals surface area contributed by atoms with E-state index in [9.17, 15) is 4.79 Å². The zero-order chi connectivity index (χ0) is 20.1. The second kappa shape index (κ2) is 9.31. The third-order valence-corrected chi connectivity index (χ3v) is 6.15. The molecule has 1 saturated heterocycles. The van der Waals surface area contributed by atoms with Gasteiger partial charge in [0.25, 0.3) is 0 Å². The van der Waals surface area contributed by atoms with Gasteiger partial charge in [0.2, 0.25) is 5.91 Å². The summed E-state index contributed by atoms with van der Waals surface area (Å²) in [4.78, 5) is 30.3. The number of aromatic nitrogens is 3. The molecule has 7 nitrogen and oxygen atoms in total. The fourth-order valence-electron chi connectivity index (χ4n) is 4.51. The number of hydrogen-bond donors (Lipinski definition) is 1. The summed E-state index contributed by atoms with van der Waals surface area (Å²) in [5, 5.41) is 3.21. The summed E-state index contributed by atoms with van der Waals surface area (Å²) < 4.78 is 0. The third-order valence-electron chi connectivity index (χ3n) is 6.15. The summed E-state index contributed by atoms with van der Waals surface area (Å²) in [5.74, 6) is 1.66. The first-order valence-corrected chi connectivity index (χ1v) is 10.7. The standard InChI is InChI=1S/C22H30N6O/c1-27(17-7-3-2-4-8-17)22(29)16-28-14-6-10-19(28)18-9-5-11-20(25-18)26-21-15-23-12-13-24-21/h5,9,11-13,15,17,19H,2-4,6-8,10,14,16H2,1H3,(H,24,25,26)/t19-/m0/s1. The average Bonchev–Trinajstić information content (AvgIpc) is 3.23. The molecule has 1 atom stereocenters. The molecule has 3 heterocycles. The fourth-order valence-corrected chi connectivity index (χ4v) is 4.51. The van der Waals surface area contributed by atoms with Gasteiger partial charge in [0.15, 0.2) is 0 Å². The molecule has 0 unspecified atom stereocenters. The quantitative estimate of drug-likeness (QED) is 0.808. The van der Waals surface area contributed by atoms with E-state index in [0.717, 1.165) is 43.7 Å². The number of carbonyl (C=O) groups is 1. The molecule has 0 radical (unpaired) electrons. The number of pyridine rings is 1. The molecule has 0 bridgehead atoms. The molecule has 0 spiro atoms. The van der Waals surface area contributed by atoms with Crippen molar-refractivity contribution in [2.45, 2.75) is 57.0 Å². The lowest BCUT2D eigenvalue weighted by molar-refractivity contribution is -0.134. The van der Waals surface area contributed by atoms with Crippen molar-refractivity contribution in [3.63, 3.8) is 0 Å². The zero-order valence-corrected chi connectivity index (χ0v) is 17.1. The molecule has 7 heteroatoms. The number of carbonyl (C=O) groups excluding carboxylic acids is 1. The predicted octanol–water partition coefficient (Wildman–Crippen LogP) is 3.54. The van der Waals surface area contributed by atoms with Gasteiger partial charge in [0, 0.05) is 25.5 Å². The number of likely N-dealkylation sites (N-methyl/N-ethyl adjacent to an activating group) is 1. The van der Waals surface area contributed by atoms with E-state index in [1.165, 1.54) is 19.3 Å². The van der Waals surface area contributed by atoms with Crippen molar-refractivity contribution in [2.75, 3.05) is 25.5 Å². The van der Waals surface area contributed by atoms with Crippen molar-refractivity contribution < 1.29 is 4.79 Å². The molecule has 0 aromatic carbocycles. The van der Waals surface area contributed by atoms with Gasteiger partial charge in [-0.3, -0.25) is 14.7 Å². The average molecular weight is 395 g/mol. The van der Waals surface area contributed by atoms with E-state index in [-0.39, 0.29) is 11.9 Å². The highest BCUT2D eigenvalue weighted by Gasteiger charge is 2.31. The summed E-state index contributed by atoms with van der Waals surface area (Å²) in [6, 6.07) is 6.59. The molecule has 2 aliphatic rings. The molecule has 2 fully saturated rings. The molecular formula is C22H30N6O. The lowest BCUT2D eigenvalue weighted by Gasteiger charge is -2.33. The summed E-state index contributed by atoms with van der Waals surface area (Å²) in [7, 11) is 1.98. The fraction of sp³-hybridized carbons (Fsp3) is 0.545. The van der Waals surface area contributed by atoms with E-state index in [0.29, 0.717) is 18.4 Å². The van der Waals surface area contributed by atoms with E-state index >= 15 is 0 Å². The number of hydrogen-bond acceptors (Lipinski definition) is 6. The second-order valence-corrected chi connectivity index (χ2v) is 8.09. The number of nitrogens with one attached hydrogen (secondary N) is 1. The van der Waals surface area contributed by atoms with Gasteiger partial charge in [-0.25, -0.2) is 9.97 Å². The van der Waals surface area contributed by atoms with Crippen LogP contribution < -0.4 is 5.32 Å². The predicted molar refractivity (Wildman–Crippen MR) is 113 cm³/mol. The minimum Gasteiger partial charge on any atom is -0.342 e. The Morgan fingerprint density at radius 3 is 2.79 bits per heavy atom. The first-order valence-electron chi connectivity index (χ1n) is 10.7. The molecule has 4 rings (SSSR count). The topological polar surface area (TPSA) is 74.2 Å². The van der Waals surface area contributed by atoms with Crippen LogP contribution >= 0.6 is 0 Å². The molecule has 2 aromatic heterocycles. The van der Waals surface area contributed by atoms with E-state index in [1.54, 1.807) is 18.6 Å². The van der Waals surface area contributed by atoms with Gasteiger partial charge >= 0.3 is 0 Å². The summed E-state index contributed by atoms with van der Waals surface area (Å²) >= 11 is 0. The van der Waals surface area contributed by atoms with Crippen molar-refractivity contribution in [2.24, 2.45) is 0 Å². The van der Waals surface area contributed by atoms with Gasteiger partial charge in [-0.15, -0.1) is 0 Å². The van der Waals surface area contributed by atoms with Crippen LogP contribution in [0.2, 0.25) is 0 Å². The maximum Gasteiger partial charge on any atom is 0.236 e. The van der Waals surface area contributed by atoms with Gasteiger partial charge in [0.1, 0.15) is 11.6 Å². The van der Waals surface area contributed by atoms with Crippen LogP contribution in [0.25, 0.3) is 0 Å². The van der Waals surface area contributed by atoms with Crippen molar-refractivity contribution in [1.82, 2.24) is 24.8 Å². The molecule has 1 aliphatic heterocycles. The van der Waals surface area contributed by atoms with Crippen LogP contribution in [-0.2, 0) is 4.79 Å². The van der Waals surface area contributed by atoms with Gasteiger partial charge in [-0.1, -0.05) is 25.3 Å². The van der Waals surface area contributed by atoms with Crippen LogP contribution in [0, 0.1) is 0 Å². The van der Waals surface area contributed by atoms with Crippen LogP contribution in [0.3, 0.4) is 0 Å². The smallest absolute Gasteiger partial charge is 0.236 e. The molecule has 1 N–H and O–H groups in total. The maximum absolute atomic E-state index is 12.9. The van der Waals surface area contributed by atoms with Gasteiger partial charge in [0.05, 0.1) is 24.5 Å². The van der Waals surface area contributed by atoms with Crippen molar-refractivity contribution in [3.8, 4) is 0 Å². The maximum atomic E-state index is 12.9. The minimum atomic E-state index is 0.183. The zero-order valence-electron chi connectivity index (χ0n) is 17.1. The van der Waals surface area contributed by atoms with Crippen LogP contribution in [0.4, 0.5) is 11.6 Å². The number of amides is 1. The highest BCUT2D eigenvalue weighted by Crippen LogP contribution is 2.32. The summed E-state index contributed by atoms with van der Waals surface area (Å²) in [6.45, 7) is 1.42. The first kappa shape index (κ1) is 19.8. The van der Waals surface area contributed by atoms with Crippen LogP contribution in [0.5, 0.6) is 0 Å². The normalized spacial score (nSPS) is 20.5. The van der Waals surface area contributed by atoms with E-state index < -0.39 is 0 Å². The Morgan fingerprint density at radius 1 is 1.14 bits per heavy atom. The van der Waals surface area contributed by atoms with Crippen LogP contribution in [0.1, 0.15) is 56.7 Å².